The van der Waals surface area contributed by atoms with E-state index in [0.29, 0.717) is 42.4 Å². The third-order valence-corrected chi connectivity index (χ3v) is 5.50. The number of nitrogens with zero attached hydrogens (tertiary/aromatic N) is 1. The molecule has 2 aromatic carbocycles. The molecule has 1 saturated heterocycles. The van der Waals surface area contributed by atoms with E-state index in [9.17, 15) is 9.59 Å². The molecule has 0 radical (unpaired) electrons. The van der Waals surface area contributed by atoms with E-state index in [2.05, 4.69) is 0 Å². The first-order valence-electron chi connectivity index (χ1n) is 10.3. The molecule has 8 nitrogen and oxygen atoms in total. The van der Waals surface area contributed by atoms with E-state index in [-0.39, 0.29) is 17.8 Å². The van der Waals surface area contributed by atoms with Crippen LogP contribution in [0.5, 0.6) is 23.0 Å². The van der Waals surface area contributed by atoms with Crippen LogP contribution in [0, 0.1) is 11.8 Å². The van der Waals surface area contributed by atoms with Crippen molar-refractivity contribution in [1.29, 1.82) is 0 Å². The molecule has 0 bridgehead atoms. The van der Waals surface area contributed by atoms with Gasteiger partial charge < -0.3 is 28.6 Å². The number of ether oxygens (including phenoxy) is 5. The lowest BCUT2D eigenvalue weighted by molar-refractivity contribution is -0.141. The summed E-state index contributed by atoms with van der Waals surface area (Å²) in [4.78, 5) is 25.7. The minimum absolute atomic E-state index is 0.0258. The van der Waals surface area contributed by atoms with Crippen molar-refractivity contribution in [2.24, 2.45) is 11.8 Å². The summed E-state index contributed by atoms with van der Waals surface area (Å²) in [6.07, 6.45) is 0.673. The van der Waals surface area contributed by atoms with Gasteiger partial charge in [0.1, 0.15) is 0 Å². The molecule has 1 heterocycles. The van der Waals surface area contributed by atoms with Gasteiger partial charge in [-0.1, -0.05) is 12.1 Å². The first-order chi connectivity index (χ1) is 15.4. The van der Waals surface area contributed by atoms with Gasteiger partial charge >= 0.3 is 12.1 Å². The number of esters is 1. The molecule has 0 aromatic heterocycles. The highest BCUT2D eigenvalue weighted by Crippen LogP contribution is 2.35. The first-order valence-corrected chi connectivity index (χ1v) is 10.3. The maximum absolute atomic E-state index is 12.5. The molecule has 1 fully saturated rings. The van der Waals surface area contributed by atoms with Gasteiger partial charge in [-0.2, -0.15) is 0 Å². The Labute approximate surface area is 188 Å². The Morgan fingerprint density at radius 2 is 1.47 bits per heavy atom. The Bertz CT molecular complexity index is 973. The lowest BCUT2D eigenvalue weighted by Crippen LogP contribution is -2.25. The van der Waals surface area contributed by atoms with Crippen LogP contribution in [0.25, 0.3) is 0 Å². The van der Waals surface area contributed by atoms with Gasteiger partial charge in [-0.15, -0.1) is 0 Å². The highest BCUT2D eigenvalue weighted by atomic mass is 16.6. The van der Waals surface area contributed by atoms with E-state index in [4.69, 9.17) is 23.7 Å². The molecule has 1 amide bonds. The van der Waals surface area contributed by atoms with Gasteiger partial charge in [0, 0.05) is 20.0 Å². The predicted molar refractivity (Wildman–Crippen MR) is 118 cm³/mol. The number of methoxy groups -OCH3 is 3. The van der Waals surface area contributed by atoms with Crippen molar-refractivity contribution in [3.8, 4) is 23.0 Å². The average molecular weight is 443 g/mol. The fourth-order valence-electron chi connectivity index (χ4n) is 3.73. The van der Waals surface area contributed by atoms with Gasteiger partial charge in [-0.25, -0.2) is 4.79 Å². The third-order valence-electron chi connectivity index (χ3n) is 5.50. The molecule has 0 aliphatic carbocycles. The number of amides is 1. The van der Waals surface area contributed by atoms with Crippen LogP contribution in [-0.4, -0.2) is 59.0 Å². The summed E-state index contributed by atoms with van der Waals surface area (Å²) in [5.74, 6) is 1.60. The van der Waals surface area contributed by atoms with Crippen molar-refractivity contribution < 1.29 is 33.3 Å². The topological polar surface area (TPSA) is 83.5 Å². The Kier molecular flexibility index (Phi) is 7.45. The number of benzene rings is 2. The van der Waals surface area contributed by atoms with Gasteiger partial charge in [0.15, 0.2) is 23.0 Å². The van der Waals surface area contributed by atoms with E-state index in [1.54, 1.807) is 40.4 Å². The zero-order chi connectivity index (χ0) is 23.3. The van der Waals surface area contributed by atoms with Crippen LogP contribution >= 0.6 is 0 Å². The Balaban J connectivity index is 1.75. The molecule has 0 N–H and O–H groups in total. The third kappa shape index (κ3) is 5.25. The molecule has 3 rings (SSSR count). The van der Waals surface area contributed by atoms with E-state index >= 15 is 0 Å². The van der Waals surface area contributed by atoms with E-state index < -0.39 is 6.09 Å². The molecule has 2 atom stereocenters. The Morgan fingerprint density at radius 1 is 0.906 bits per heavy atom. The summed E-state index contributed by atoms with van der Waals surface area (Å²) >= 11 is 0. The predicted octanol–water partition coefficient (Wildman–Crippen LogP) is 3.35. The number of cyclic esters (lactones) is 1. The van der Waals surface area contributed by atoms with Gasteiger partial charge in [0.25, 0.3) is 0 Å². The summed E-state index contributed by atoms with van der Waals surface area (Å²) < 4.78 is 26.8. The normalized spacial score (nSPS) is 17.5. The summed E-state index contributed by atoms with van der Waals surface area (Å²) in [6.45, 7) is 0.369. The van der Waals surface area contributed by atoms with Crippen LogP contribution in [0.3, 0.4) is 0 Å². The molecule has 32 heavy (non-hydrogen) atoms. The van der Waals surface area contributed by atoms with E-state index in [1.165, 1.54) is 12.0 Å². The van der Waals surface area contributed by atoms with Crippen molar-refractivity contribution in [1.82, 2.24) is 4.90 Å². The van der Waals surface area contributed by atoms with Gasteiger partial charge in [-0.3, -0.25) is 4.79 Å². The maximum Gasteiger partial charge on any atom is 0.414 e. The van der Waals surface area contributed by atoms with Crippen molar-refractivity contribution in [2.75, 3.05) is 42.0 Å². The number of carbonyl (C=O) groups excluding carboxylic acids is 2. The maximum atomic E-state index is 12.5. The molecular formula is C24H29NO7. The highest BCUT2D eigenvalue weighted by Gasteiger charge is 2.37. The zero-order valence-electron chi connectivity index (χ0n) is 19.0. The summed E-state index contributed by atoms with van der Waals surface area (Å²) in [7, 11) is 7.91. The van der Waals surface area contributed by atoms with Crippen molar-refractivity contribution in [3.63, 3.8) is 0 Å². The van der Waals surface area contributed by atoms with Crippen LogP contribution < -0.4 is 18.9 Å². The van der Waals surface area contributed by atoms with Gasteiger partial charge in [0.05, 0.1) is 33.9 Å². The van der Waals surface area contributed by atoms with Crippen LogP contribution in [0.4, 0.5) is 4.79 Å². The summed E-state index contributed by atoms with van der Waals surface area (Å²) in [6, 6.07) is 11.1. The second-order valence-electron chi connectivity index (χ2n) is 7.84. The molecule has 2 unspecified atom stereocenters. The molecule has 1 aliphatic rings. The fraction of sp³-hybridized carbons (Fsp3) is 0.417. The molecule has 2 aromatic rings. The monoisotopic (exact) mass is 443 g/mol. The standard InChI is InChI=1S/C24H29NO7/c1-25(2)24(27)32-20-9-7-16(13-22(20)30-5)11-18-17(14-31-23(18)26)10-15-6-8-19(28-3)21(12-15)29-4/h6-9,12-13,17-18H,10-11,14H2,1-5H3. The molecule has 8 heteroatoms. The van der Waals surface area contributed by atoms with Crippen LogP contribution in [0.15, 0.2) is 36.4 Å². The van der Waals surface area contributed by atoms with Crippen LogP contribution in [0.1, 0.15) is 11.1 Å². The second kappa shape index (κ2) is 10.3. The minimum Gasteiger partial charge on any atom is -0.493 e. The Morgan fingerprint density at radius 3 is 2.06 bits per heavy atom. The molecule has 0 saturated carbocycles. The van der Waals surface area contributed by atoms with E-state index in [1.807, 2.05) is 24.3 Å². The molecule has 172 valence electrons. The summed E-state index contributed by atoms with van der Waals surface area (Å²) in [5.41, 5.74) is 1.94. The Hall–Kier alpha value is -3.42. The highest BCUT2D eigenvalue weighted by molar-refractivity contribution is 5.75. The van der Waals surface area contributed by atoms with Gasteiger partial charge in [0.2, 0.25) is 0 Å². The number of carbonyl (C=O) groups is 2. The molecule has 1 aliphatic heterocycles. The quantitative estimate of drug-likeness (QED) is 0.579. The summed E-state index contributed by atoms with van der Waals surface area (Å²) in [5, 5.41) is 0. The minimum atomic E-state index is -0.495. The number of hydrogen-bond acceptors (Lipinski definition) is 7. The van der Waals surface area contributed by atoms with Crippen LogP contribution in [-0.2, 0) is 22.4 Å². The number of rotatable bonds is 8. The first kappa shape index (κ1) is 23.2. The fourth-order valence-corrected chi connectivity index (χ4v) is 3.73. The van der Waals surface area contributed by atoms with Crippen LogP contribution in [0.2, 0.25) is 0 Å². The lowest BCUT2D eigenvalue weighted by atomic mass is 9.85. The SMILES string of the molecule is COc1ccc(CC2COC(=O)C2Cc2ccc(OC(=O)N(C)C)c(OC)c2)cc1OC. The molecular weight excluding hydrogens is 414 g/mol. The number of hydrogen-bond donors (Lipinski definition) is 0. The molecule has 0 spiro atoms. The largest absolute Gasteiger partial charge is 0.493 e. The second-order valence-corrected chi connectivity index (χ2v) is 7.84. The van der Waals surface area contributed by atoms with Crippen molar-refractivity contribution >= 4 is 12.1 Å². The van der Waals surface area contributed by atoms with Crippen molar-refractivity contribution in [3.05, 3.63) is 47.5 Å². The zero-order valence-corrected chi connectivity index (χ0v) is 19.0. The lowest BCUT2D eigenvalue weighted by Gasteiger charge is -2.18. The average Bonchev–Trinajstić information content (AvgIpc) is 3.13. The van der Waals surface area contributed by atoms with E-state index in [0.717, 1.165) is 11.1 Å². The smallest absolute Gasteiger partial charge is 0.414 e. The van der Waals surface area contributed by atoms with Crippen molar-refractivity contribution in [2.45, 2.75) is 12.8 Å². The van der Waals surface area contributed by atoms with Gasteiger partial charge in [-0.05, 0) is 48.2 Å².